The third-order valence-corrected chi connectivity index (χ3v) is 6.68. The topological polar surface area (TPSA) is 62.4 Å². The third kappa shape index (κ3) is 6.65. The van der Waals surface area contributed by atoms with Gasteiger partial charge in [0.1, 0.15) is 11.9 Å². The summed E-state index contributed by atoms with van der Waals surface area (Å²) in [5.41, 5.74) is 9.91. The molecule has 0 aliphatic heterocycles. The molecule has 0 bridgehead atoms. The van der Waals surface area contributed by atoms with Crippen LogP contribution in [0.15, 0.2) is 42.5 Å². The molecule has 0 aliphatic carbocycles. The van der Waals surface area contributed by atoms with Crippen molar-refractivity contribution >= 4 is 17.8 Å². The fourth-order valence-corrected chi connectivity index (χ4v) is 3.48. The second-order valence-corrected chi connectivity index (χ2v) is 9.68. The van der Waals surface area contributed by atoms with Gasteiger partial charge in [-0.15, -0.1) is 0 Å². The molecule has 2 rings (SSSR count). The van der Waals surface area contributed by atoms with E-state index in [1.54, 1.807) is 0 Å². The van der Waals surface area contributed by atoms with Crippen LogP contribution >= 0.6 is 0 Å². The SMILES string of the molecule is CCC(CNc1cccc(NNC=O)c1)Oc1ccc(C(C)(C)CC)cc1C(C)(C)CC. The van der Waals surface area contributed by atoms with E-state index in [2.05, 4.69) is 82.8 Å². The fraction of sp³-hybridized carbons (Fsp3) is 0.519. The van der Waals surface area contributed by atoms with Crippen LogP contribution in [0.4, 0.5) is 11.4 Å². The summed E-state index contributed by atoms with van der Waals surface area (Å²) in [6.07, 6.45) is 3.69. The Bertz CT molecular complexity index is 877. The van der Waals surface area contributed by atoms with Gasteiger partial charge in [0.25, 0.3) is 0 Å². The van der Waals surface area contributed by atoms with Crippen molar-refractivity contribution < 1.29 is 9.53 Å². The van der Waals surface area contributed by atoms with Crippen LogP contribution in [0.1, 0.15) is 78.9 Å². The first-order valence-corrected chi connectivity index (χ1v) is 11.8. The van der Waals surface area contributed by atoms with Gasteiger partial charge in [-0.3, -0.25) is 15.6 Å². The summed E-state index contributed by atoms with van der Waals surface area (Å²) in [5.74, 6) is 0.978. The Kier molecular flexibility index (Phi) is 8.99. The van der Waals surface area contributed by atoms with Crippen LogP contribution in [0.25, 0.3) is 0 Å². The Balaban J connectivity index is 2.20. The van der Waals surface area contributed by atoms with E-state index in [4.69, 9.17) is 4.74 Å². The number of amides is 1. The van der Waals surface area contributed by atoms with Crippen LogP contribution in [0, 0.1) is 0 Å². The molecule has 0 saturated carbocycles. The highest BCUT2D eigenvalue weighted by atomic mass is 16.5. The summed E-state index contributed by atoms with van der Waals surface area (Å²) in [6.45, 7) is 16.5. The van der Waals surface area contributed by atoms with E-state index >= 15 is 0 Å². The summed E-state index contributed by atoms with van der Waals surface area (Å²) < 4.78 is 6.56. The van der Waals surface area contributed by atoms with Gasteiger partial charge in [-0.25, -0.2) is 0 Å². The standard InChI is InChI=1S/C27H41N3O2/c1-8-23(18-28-21-12-11-13-22(17-21)30-29-19-31)32-25-15-14-20(26(4,5)9-2)16-24(25)27(6,7)10-3/h11-17,19,23,28,30H,8-10,18H2,1-7H3,(H,29,31). The molecule has 0 aromatic heterocycles. The first kappa shape index (κ1) is 25.6. The Morgan fingerprint density at radius 1 is 0.938 bits per heavy atom. The lowest BCUT2D eigenvalue weighted by Crippen LogP contribution is -2.28. The molecule has 5 nitrogen and oxygen atoms in total. The quantitative estimate of drug-likeness (QED) is 0.249. The number of hydrogen-bond acceptors (Lipinski definition) is 4. The van der Waals surface area contributed by atoms with Gasteiger partial charge >= 0.3 is 0 Å². The number of hydrogen-bond donors (Lipinski definition) is 3. The van der Waals surface area contributed by atoms with E-state index in [9.17, 15) is 4.79 Å². The second-order valence-electron chi connectivity index (χ2n) is 9.68. The molecular formula is C27H41N3O2. The highest BCUT2D eigenvalue weighted by Crippen LogP contribution is 2.39. The average molecular weight is 440 g/mol. The van der Waals surface area contributed by atoms with E-state index in [1.807, 2.05) is 24.3 Å². The Morgan fingerprint density at radius 2 is 1.62 bits per heavy atom. The van der Waals surface area contributed by atoms with Gasteiger partial charge in [0.05, 0.1) is 12.2 Å². The molecule has 5 heteroatoms. The number of ether oxygens (including phenoxy) is 1. The van der Waals surface area contributed by atoms with Crippen LogP contribution in [-0.4, -0.2) is 19.1 Å². The van der Waals surface area contributed by atoms with Gasteiger partial charge < -0.3 is 10.1 Å². The maximum absolute atomic E-state index is 10.5. The van der Waals surface area contributed by atoms with Crippen molar-refractivity contribution in [2.45, 2.75) is 84.7 Å². The first-order chi connectivity index (χ1) is 15.2. The third-order valence-electron chi connectivity index (χ3n) is 6.68. The highest BCUT2D eigenvalue weighted by molar-refractivity contribution is 5.59. The Hall–Kier alpha value is -2.69. The largest absolute Gasteiger partial charge is 0.488 e. The molecule has 2 aromatic rings. The van der Waals surface area contributed by atoms with Gasteiger partial charge in [0.15, 0.2) is 0 Å². The maximum atomic E-state index is 10.5. The number of rotatable bonds is 13. The van der Waals surface area contributed by atoms with Crippen molar-refractivity contribution in [1.29, 1.82) is 0 Å². The number of hydrazine groups is 1. The number of carbonyl (C=O) groups is 1. The first-order valence-electron chi connectivity index (χ1n) is 11.8. The lowest BCUT2D eigenvalue weighted by molar-refractivity contribution is -0.109. The summed E-state index contributed by atoms with van der Waals surface area (Å²) in [4.78, 5) is 10.5. The van der Waals surface area contributed by atoms with E-state index in [-0.39, 0.29) is 16.9 Å². The molecule has 0 fully saturated rings. The summed E-state index contributed by atoms with van der Waals surface area (Å²) in [7, 11) is 0. The molecule has 2 aromatic carbocycles. The van der Waals surface area contributed by atoms with Crippen molar-refractivity contribution in [3.63, 3.8) is 0 Å². The predicted molar refractivity (Wildman–Crippen MR) is 136 cm³/mol. The van der Waals surface area contributed by atoms with Crippen LogP contribution in [0.3, 0.4) is 0 Å². The number of anilines is 2. The zero-order valence-corrected chi connectivity index (χ0v) is 20.8. The lowest BCUT2D eigenvalue weighted by Gasteiger charge is -2.31. The number of nitrogens with one attached hydrogen (secondary N) is 3. The zero-order chi connectivity index (χ0) is 23.8. The normalized spacial score (nSPS) is 12.7. The summed E-state index contributed by atoms with van der Waals surface area (Å²) >= 11 is 0. The van der Waals surface area contributed by atoms with Crippen molar-refractivity contribution in [3.05, 3.63) is 53.6 Å². The number of carbonyl (C=O) groups excluding carboxylic acids is 1. The van der Waals surface area contributed by atoms with Gasteiger partial charge in [0.2, 0.25) is 6.41 Å². The zero-order valence-electron chi connectivity index (χ0n) is 20.8. The minimum absolute atomic E-state index is 0.0342. The molecule has 3 N–H and O–H groups in total. The second kappa shape index (κ2) is 11.3. The minimum atomic E-state index is 0.0342. The molecule has 0 heterocycles. The van der Waals surface area contributed by atoms with E-state index in [0.29, 0.717) is 13.0 Å². The monoisotopic (exact) mass is 439 g/mol. The molecule has 1 atom stereocenters. The predicted octanol–water partition coefficient (Wildman–Crippen LogP) is 6.40. The molecule has 0 saturated heterocycles. The molecule has 0 spiro atoms. The summed E-state index contributed by atoms with van der Waals surface area (Å²) in [5, 5.41) is 3.47. The fourth-order valence-electron chi connectivity index (χ4n) is 3.48. The molecular weight excluding hydrogens is 398 g/mol. The molecule has 0 aliphatic rings. The van der Waals surface area contributed by atoms with Crippen molar-refractivity contribution in [2.75, 3.05) is 17.3 Å². The number of benzene rings is 2. The van der Waals surface area contributed by atoms with E-state index in [0.717, 1.165) is 36.4 Å². The molecule has 32 heavy (non-hydrogen) atoms. The van der Waals surface area contributed by atoms with Crippen molar-refractivity contribution in [1.82, 2.24) is 5.43 Å². The van der Waals surface area contributed by atoms with Gasteiger partial charge in [0, 0.05) is 11.3 Å². The lowest BCUT2D eigenvalue weighted by atomic mass is 9.76. The average Bonchev–Trinajstić information content (AvgIpc) is 2.80. The Morgan fingerprint density at radius 3 is 2.25 bits per heavy atom. The summed E-state index contributed by atoms with van der Waals surface area (Å²) in [6, 6.07) is 14.5. The van der Waals surface area contributed by atoms with E-state index < -0.39 is 0 Å². The minimum Gasteiger partial charge on any atom is -0.488 e. The smallest absolute Gasteiger partial charge is 0.225 e. The molecule has 1 amide bonds. The van der Waals surface area contributed by atoms with E-state index in [1.165, 1.54) is 11.1 Å². The van der Waals surface area contributed by atoms with Gasteiger partial charge in [-0.1, -0.05) is 66.7 Å². The van der Waals surface area contributed by atoms with Crippen LogP contribution in [0.2, 0.25) is 0 Å². The van der Waals surface area contributed by atoms with Crippen LogP contribution < -0.4 is 20.9 Å². The van der Waals surface area contributed by atoms with Gasteiger partial charge in [-0.05, 0) is 59.9 Å². The molecule has 1 unspecified atom stereocenters. The van der Waals surface area contributed by atoms with Crippen LogP contribution in [0.5, 0.6) is 5.75 Å². The Labute approximate surface area is 194 Å². The van der Waals surface area contributed by atoms with Gasteiger partial charge in [-0.2, -0.15) is 0 Å². The highest BCUT2D eigenvalue weighted by Gasteiger charge is 2.27. The maximum Gasteiger partial charge on any atom is 0.225 e. The van der Waals surface area contributed by atoms with Crippen molar-refractivity contribution in [3.8, 4) is 5.75 Å². The van der Waals surface area contributed by atoms with Crippen molar-refractivity contribution in [2.24, 2.45) is 0 Å². The van der Waals surface area contributed by atoms with Crippen LogP contribution in [-0.2, 0) is 15.6 Å². The molecule has 176 valence electrons. The molecule has 0 radical (unpaired) electrons.